The first-order valence-electron chi connectivity index (χ1n) is 10.6. The van der Waals surface area contributed by atoms with E-state index in [0.29, 0.717) is 30.2 Å². The van der Waals surface area contributed by atoms with Crippen LogP contribution in [0.3, 0.4) is 0 Å². The number of nitrogens with one attached hydrogen (secondary N) is 2. The Morgan fingerprint density at radius 2 is 1.63 bits per heavy atom. The topological polar surface area (TPSA) is 62.8 Å². The second kappa shape index (κ2) is 13.1. The zero-order chi connectivity index (χ0) is 19.9. The average molecular weight is 462 g/mol. The van der Waals surface area contributed by atoms with Crippen molar-refractivity contribution in [2.24, 2.45) is 11.8 Å². The minimum absolute atomic E-state index is 0. The number of rotatable bonds is 7. The Bertz CT molecular complexity index is 626. The number of carbonyl (C=O) groups excluding carboxylic acids is 1. The highest BCUT2D eigenvalue weighted by Crippen LogP contribution is 2.28. The summed E-state index contributed by atoms with van der Waals surface area (Å²) in [6, 6.07) is 6.21. The van der Waals surface area contributed by atoms with Gasteiger partial charge in [-0.1, -0.05) is 6.92 Å². The highest BCUT2D eigenvalue weighted by Gasteiger charge is 2.27. The Morgan fingerprint density at radius 1 is 1.07 bits per heavy atom. The van der Waals surface area contributed by atoms with Crippen LogP contribution in [0.4, 0.5) is 5.69 Å². The molecule has 1 aromatic carbocycles. The van der Waals surface area contributed by atoms with Crippen molar-refractivity contribution in [2.75, 3.05) is 45.7 Å². The summed E-state index contributed by atoms with van der Waals surface area (Å²) in [5.41, 5.74) is 1.00. The fourth-order valence-electron chi connectivity index (χ4n) is 4.38. The fraction of sp³-hybridized carbons (Fsp3) is 0.682. The molecule has 2 N–H and O–H groups in total. The van der Waals surface area contributed by atoms with E-state index in [-0.39, 0.29) is 24.8 Å². The minimum Gasteiger partial charge on any atom is -0.497 e. The standard InChI is InChI=1S/C22H35N3O3.2ClH/c1-16(17-4-8-23-9-5-17)12-22(26)25-10-6-18(7-11-25)24-19-13-20(27-2)15-21(14-19)28-3;;/h13-18,23-24H,4-12H2,1-3H3;2*1H. The Kier molecular flexibility index (Phi) is 11.7. The van der Waals surface area contributed by atoms with Crippen molar-refractivity contribution >= 4 is 36.4 Å². The number of nitrogens with zero attached hydrogens (tertiary/aromatic N) is 1. The lowest BCUT2D eigenvalue weighted by molar-refractivity contribution is -0.133. The number of ether oxygens (including phenoxy) is 2. The van der Waals surface area contributed by atoms with Gasteiger partial charge in [-0.15, -0.1) is 24.8 Å². The van der Waals surface area contributed by atoms with Crippen LogP contribution in [0.5, 0.6) is 11.5 Å². The second-order valence-corrected chi connectivity index (χ2v) is 8.17. The van der Waals surface area contributed by atoms with Crippen molar-refractivity contribution in [3.63, 3.8) is 0 Å². The highest BCUT2D eigenvalue weighted by molar-refractivity contribution is 5.85. The second-order valence-electron chi connectivity index (χ2n) is 8.17. The molecule has 3 rings (SSSR count). The summed E-state index contributed by atoms with van der Waals surface area (Å²) in [6.07, 6.45) is 5.02. The molecule has 0 aliphatic carbocycles. The van der Waals surface area contributed by atoms with E-state index in [1.165, 1.54) is 12.8 Å². The van der Waals surface area contributed by atoms with Crippen molar-refractivity contribution in [3.8, 4) is 11.5 Å². The van der Waals surface area contributed by atoms with Crippen LogP contribution < -0.4 is 20.1 Å². The van der Waals surface area contributed by atoms with E-state index in [2.05, 4.69) is 22.5 Å². The van der Waals surface area contributed by atoms with Crippen molar-refractivity contribution < 1.29 is 14.3 Å². The molecule has 2 fully saturated rings. The molecule has 0 saturated carbocycles. The molecule has 0 radical (unpaired) electrons. The largest absolute Gasteiger partial charge is 0.497 e. The first-order valence-corrected chi connectivity index (χ1v) is 10.6. The number of piperidine rings is 2. The Hall–Kier alpha value is -1.37. The number of likely N-dealkylation sites (tertiary alicyclic amines) is 1. The first-order chi connectivity index (χ1) is 13.6. The molecule has 8 heteroatoms. The van der Waals surface area contributed by atoms with E-state index in [4.69, 9.17) is 9.47 Å². The summed E-state index contributed by atoms with van der Waals surface area (Å²) in [6.45, 7) is 6.09. The lowest BCUT2D eigenvalue weighted by Gasteiger charge is -2.35. The number of amides is 1. The summed E-state index contributed by atoms with van der Waals surface area (Å²) in [4.78, 5) is 14.8. The maximum Gasteiger partial charge on any atom is 0.222 e. The minimum atomic E-state index is 0. The van der Waals surface area contributed by atoms with Gasteiger partial charge in [0.1, 0.15) is 11.5 Å². The van der Waals surface area contributed by atoms with E-state index in [9.17, 15) is 4.79 Å². The van der Waals surface area contributed by atoms with Crippen LogP contribution in [-0.4, -0.2) is 57.2 Å². The quantitative estimate of drug-likeness (QED) is 0.642. The number of hydrogen-bond donors (Lipinski definition) is 2. The van der Waals surface area contributed by atoms with Crippen LogP contribution >= 0.6 is 24.8 Å². The molecule has 0 bridgehead atoms. The number of hydrogen-bond acceptors (Lipinski definition) is 5. The molecule has 1 amide bonds. The van der Waals surface area contributed by atoms with Gasteiger partial charge >= 0.3 is 0 Å². The lowest BCUT2D eigenvalue weighted by atomic mass is 9.84. The van der Waals surface area contributed by atoms with Crippen molar-refractivity contribution in [1.82, 2.24) is 10.2 Å². The van der Waals surface area contributed by atoms with Gasteiger partial charge < -0.3 is 25.0 Å². The summed E-state index contributed by atoms with van der Waals surface area (Å²) in [5.74, 6) is 3.05. The van der Waals surface area contributed by atoms with E-state index < -0.39 is 0 Å². The predicted octanol–water partition coefficient (Wildman–Crippen LogP) is 3.98. The van der Waals surface area contributed by atoms with Crippen molar-refractivity contribution in [1.29, 1.82) is 0 Å². The average Bonchev–Trinajstić information content (AvgIpc) is 2.74. The fourth-order valence-corrected chi connectivity index (χ4v) is 4.38. The zero-order valence-corrected chi connectivity index (χ0v) is 19.9. The third kappa shape index (κ3) is 7.40. The molecule has 2 heterocycles. The van der Waals surface area contributed by atoms with E-state index >= 15 is 0 Å². The predicted molar refractivity (Wildman–Crippen MR) is 127 cm³/mol. The van der Waals surface area contributed by atoms with Crippen LogP contribution in [0.25, 0.3) is 0 Å². The van der Waals surface area contributed by atoms with Crippen LogP contribution in [0.15, 0.2) is 18.2 Å². The van der Waals surface area contributed by atoms with Gasteiger partial charge in [-0.2, -0.15) is 0 Å². The first kappa shape index (κ1) is 26.7. The van der Waals surface area contributed by atoms with Crippen molar-refractivity contribution in [2.45, 2.75) is 45.1 Å². The molecule has 0 spiro atoms. The van der Waals surface area contributed by atoms with Crippen LogP contribution in [0.1, 0.15) is 39.0 Å². The Balaban J connectivity index is 0.00000225. The molecule has 2 aliphatic heterocycles. The zero-order valence-electron chi connectivity index (χ0n) is 18.3. The number of anilines is 1. The molecule has 0 aromatic heterocycles. The summed E-state index contributed by atoms with van der Waals surface area (Å²) >= 11 is 0. The van der Waals surface area contributed by atoms with Gasteiger partial charge in [0.25, 0.3) is 0 Å². The normalized spacial score (nSPS) is 18.6. The highest BCUT2D eigenvalue weighted by atomic mass is 35.5. The number of carbonyl (C=O) groups is 1. The molecule has 6 nitrogen and oxygen atoms in total. The van der Waals surface area contributed by atoms with Gasteiger partial charge in [-0.05, 0) is 50.6 Å². The SMILES string of the molecule is COc1cc(NC2CCN(C(=O)CC(C)C3CCNCC3)CC2)cc(OC)c1.Cl.Cl. The van der Waals surface area contributed by atoms with Crippen LogP contribution in [-0.2, 0) is 4.79 Å². The van der Waals surface area contributed by atoms with Crippen LogP contribution in [0.2, 0.25) is 0 Å². The molecule has 2 saturated heterocycles. The maximum absolute atomic E-state index is 12.7. The molecule has 2 aliphatic rings. The van der Waals surface area contributed by atoms with E-state index in [1.54, 1.807) is 14.2 Å². The van der Waals surface area contributed by atoms with Gasteiger partial charge in [0.15, 0.2) is 0 Å². The molecule has 1 aromatic rings. The summed E-state index contributed by atoms with van der Waals surface area (Å²) in [5, 5.41) is 6.98. The van der Waals surface area contributed by atoms with Gasteiger partial charge in [-0.25, -0.2) is 0 Å². The third-order valence-corrected chi connectivity index (χ3v) is 6.26. The molecule has 1 unspecified atom stereocenters. The van der Waals surface area contributed by atoms with E-state index in [1.807, 2.05) is 18.2 Å². The van der Waals surface area contributed by atoms with Crippen LogP contribution in [0, 0.1) is 11.8 Å². The molecule has 30 heavy (non-hydrogen) atoms. The number of methoxy groups -OCH3 is 2. The number of benzene rings is 1. The Labute approximate surface area is 193 Å². The lowest BCUT2D eigenvalue weighted by Crippen LogP contribution is -2.43. The maximum atomic E-state index is 12.7. The molecule has 172 valence electrons. The van der Waals surface area contributed by atoms with Gasteiger partial charge in [0.2, 0.25) is 5.91 Å². The molecular formula is C22H37Cl2N3O3. The van der Waals surface area contributed by atoms with Gasteiger partial charge in [0, 0.05) is 49.4 Å². The van der Waals surface area contributed by atoms with Gasteiger partial charge in [-0.3, -0.25) is 4.79 Å². The third-order valence-electron chi connectivity index (χ3n) is 6.26. The Morgan fingerprint density at radius 3 is 2.17 bits per heavy atom. The monoisotopic (exact) mass is 461 g/mol. The smallest absolute Gasteiger partial charge is 0.222 e. The molecule has 1 atom stereocenters. The number of halogens is 2. The summed E-state index contributed by atoms with van der Waals surface area (Å²) in [7, 11) is 3.32. The van der Waals surface area contributed by atoms with E-state index in [0.717, 1.165) is 56.2 Å². The van der Waals surface area contributed by atoms with Crippen molar-refractivity contribution in [3.05, 3.63) is 18.2 Å². The summed E-state index contributed by atoms with van der Waals surface area (Å²) < 4.78 is 10.7. The molecular weight excluding hydrogens is 425 g/mol. The van der Waals surface area contributed by atoms with Gasteiger partial charge in [0.05, 0.1) is 14.2 Å².